The normalized spacial score (nSPS) is 12.1. The summed E-state index contributed by atoms with van der Waals surface area (Å²) in [6.07, 6.45) is -4.23. The van der Waals surface area contributed by atoms with E-state index in [1.807, 2.05) is 0 Å². The van der Waals surface area contributed by atoms with Crippen molar-refractivity contribution in [1.82, 2.24) is 9.97 Å². The second-order valence-electron chi connectivity index (χ2n) is 4.03. The molecule has 1 aromatic carbocycles. The standard InChI is InChI=1S/C12H11F3N2O/c1-3-7-4-8-10(5-9(7)12(13,14)15)16-6(2)17-11(8)18/h4-5H,3H2,1-2H3,(H,16,17,18). The third kappa shape index (κ3) is 2.10. The Hall–Kier alpha value is -1.85. The number of aromatic amines is 1. The van der Waals surface area contributed by atoms with Gasteiger partial charge in [0.05, 0.1) is 16.5 Å². The lowest BCUT2D eigenvalue weighted by molar-refractivity contribution is -0.138. The first-order valence-electron chi connectivity index (χ1n) is 5.43. The number of H-pyrrole nitrogens is 1. The fraction of sp³-hybridized carbons (Fsp3) is 0.333. The summed E-state index contributed by atoms with van der Waals surface area (Å²) in [5.41, 5.74) is -0.970. The van der Waals surface area contributed by atoms with Crippen LogP contribution in [-0.2, 0) is 12.6 Å². The monoisotopic (exact) mass is 256 g/mol. The Balaban J connectivity index is 2.86. The number of alkyl halides is 3. The van der Waals surface area contributed by atoms with Crippen LogP contribution in [0.2, 0.25) is 0 Å². The van der Waals surface area contributed by atoms with Crippen LogP contribution in [0.5, 0.6) is 0 Å². The van der Waals surface area contributed by atoms with Crippen LogP contribution >= 0.6 is 0 Å². The molecule has 0 fully saturated rings. The van der Waals surface area contributed by atoms with Crippen LogP contribution in [0.3, 0.4) is 0 Å². The van der Waals surface area contributed by atoms with Crippen molar-refractivity contribution in [2.24, 2.45) is 0 Å². The van der Waals surface area contributed by atoms with Gasteiger partial charge in [-0.3, -0.25) is 4.79 Å². The number of nitrogens with one attached hydrogen (secondary N) is 1. The third-order valence-electron chi connectivity index (χ3n) is 2.74. The lowest BCUT2D eigenvalue weighted by Gasteiger charge is -2.12. The van der Waals surface area contributed by atoms with Gasteiger partial charge in [-0.15, -0.1) is 0 Å². The molecule has 6 heteroatoms. The predicted octanol–water partition coefficient (Wildman–Crippen LogP) is 2.81. The number of aromatic nitrogens is 2. The highest BCUT2D eigenvalue weighted by Gasteiger charge is 2.33. The molecule has 0 aliphatic carbocycles. The second kappa shape index (κ2) is 4.12. The lowest BCUT2D eigenvalue weighted by atomic mass is 10.0. The second-order valence-corrected chi connectivity index (χ2v) is 4.03. The third-order valence-corrected chi connectivity index (χ3v) is 2.74. The number of fused-ring (bicyclic) bond motifs is 1. The Bertz CT molecular complexity index is 659. The minimum absolute atomic E-state index is 0.0702. The summed E-state index contributed by atoms with van der Waals surface area (Å²) >= 11 is 0. The maximum absolute atomic E-state index is 12.9. The molecule has 0 aliphatic heterocycles. The molecule has 0 radical (unpaired) electrons. The van der Waals surface area contributed by atoms with Gasteiger partial charge in [-0.1, -0.05) is 6.92 Å². The molecule has 1 aromatic heterocycles. The highest BCUT2D eigenvalue weighted by atomic mass is 19.4. The zero-order valence-electron chi connectivity index (χ0n) is 9.85. The summed E-state index contributed by atoms with van der Waals surface area (Å²) in [7, 11) is 0. The molecule has 18 heavy (non-hydrogen) atoms. The van der Waals surface area contributed by atoms with Gasteiger partial charge < -0.3 is 4.98 Å². The molecule has 0 amide bonds. The molecular weight excluding hydrogens is 245 g/mol. The first-order chi connectivity index (χ1) is 8.32. The fourth-order valence-electron chi connectivity index (χ4n) is 1.90. The van der Waals surface area contributed by atoms with E-state index in [9.17, 15) is 18.0 Å². The number of rotatable bonds is 1. The van der Waals surface area contributed by atoms with E-state index in [-0.39, 0.29) is 22.9 Å². The first kappa shape index (κ1) is 12.6. The smallest absolute Gasteiger partial charge is 0.310 e. The SMILES string of the molecule is CCc1cc2c(=O)[nH]c(C)nc2cc1C(F)(F)F. The maximum Gasteiger partial charge on any atom is 0.416 e. The van der Waals surface area contributed by atoms with E-state index < -0.39 is 17.3 Å². The Kier molecular flexibility index (Phi) is 2.88. The van der Waals surface area contributed by atoms with Crippen LogP contribution in [0, 0.1) is 6.92 Å². The molecule has 96 valence electrons. The zero-order valence-corrected chi connectivity index (χ0v) is 9.85. The van der Waals surface area contributed by atoms with Crippen LogP contribution < -0.4 is 5.56 Å². The molecule has 2 rings (SSSR count). The number of hydrogen-bond donors (Lipinski definition) is 1. The van der Waals surface area contributed by atoms with Crippen LogP contribution in [-0.4, -0.2) is 9.97 Å². The molecule has 0 aliphatic rings. The molecule has 0 saturated carbocycles. The van der Waals surface area contributed by atoms with Crippen LogP contribution in [0.25, 0.3) is 10.9 Å². The van der Waals surface area contributed by atoms with Gasteiger partial charge in [0, 0.05) is 0 Å². The Morgan fingerprint density at radius 1 is 1.33 bits per heavy atom. The number of hydrogen-bond acceptors (Lipinski definition) is 2. The maximum atomic E-state index is 12.9. The average Bonchev–Trinajstić information content (AvgIpc) is 2.26. The fourth-order valence-corrected chi connectivity index (χ4v) is 1.90. The number of aryl methyl sites for hydroxylation is 2. The molecular formula is C12H11F3N2O. The van der Waals surface area contributed by atoms with Gasteiger partial charge in [0.15, 0.2) is 0 Å². The summed E-state index contributed by atoms with van der Waals surface area (Å²) < 4.78 is 38.6. The van der Waals surface area contributed by atoms with E-state index in [0.717, 1.165) is 6.07 Å². The zero-order chi connectivity index (χ0) is 13.5. The molecule has 1 N–H and O–H groups in total. The Morgan fingerprint density at radius 3 is 2.56 bits per heavy atom. The van der Waals surface area contributed by atoms with Gasteiger partial charge in [-0.2, -0.15) is 13.2 Å². The summed E-state index contributed by atoms with van der Waals surface area (Å²) in [5, 5.41) is 0.186. The molecule has 0 spiro atoms. The van der Waals surface area contributed by atoms with Gasteiger partial charge in [-0.05, 0) is 31.0 Å². The number of nitrogens with zero attached hydrogens (tertiary/aromatic N) is 1. The molecule has 0 atom stereocenters. The summed E-state index contributed by atoms with van der Waals surface area (Å²) in [6.45, 7) is 3.15. The minimum Gasteiger partial charge on any atom is -0.310 e. The van der Waals surface area contributed by atoms with Gasteiger partial charge in [-0.25, -0.2) is 4.98 Å². The van der Waals surface area contributed by atoms with Crippen LogP contribution in [0.15, 0.2) is 16.9 Å². The van der Waals surface area contributed by atoms with E-state index in [1.165, 1.54) is 13.0 Å². The van der Waals surface area contributed by atoms with Crippen molar-refractivity contribution in [2.45, 2.75) is 26.4 Å². The first-order valence-corrected chi connectivity index (χ1v) is 5.43. The van der Waals surface area contributed by atoms with E-state index in [1.54, 1.807) is 6.92 Å². The predicted molar refractivity (Wildman–Crippen MR) is 61.5 cm³/mol. The summed E-state index contributed by atoms with van der Waals surface area (Å²) in [4.78, 5) is 18.1. The van der Waals surface area contributed by atoms with Gasteiger partial charge in [0.25, 0.3) is 5.56 Å². The molecule has 0 unspecified atom stereocenters. The van der Waals surface area contributed by atoms with Gasteiger partial charge >= 0.3 is 6.18 Å². The molecule has 0 saturated heterocycles. The van der Waals surface area contributed by atoms with Crippen molar-refractivity contribution in [3.05, 3.63) is 39.4 Å². The topological polar surface area (TPSA) is 45.8 Å². The molecule has 0 bridgehead atoms. The van der Waals surface area contributed by atoms with Crippen molar-refractivity contribution >= 4 is 10.9 Å². The van der Waals surface area contributed by atoms with E-state index in [0.29, 0.717) is 5.82 Å². The van der Waals surface area contributed by atoms with Crippen molar-refractivity contribution in [3.8, 4) is 0 Å². The minimum atomic E-state index is -4.43. The highest BCUT2D eigenvalue weighted by Crippen LogP contribution is 2.33. The van der Waals surface area contributed by atoms with Crippen molar-refractivity contribution in [1.29, 1.82) is 0 Å². The summed E-state index contributed by atoms with van der Waals surface area (Å²) in [5.74, 6) is 0.296. The van der Waals surface area contributed by atoms with Crippen molar-refractivity contribution in [3.63, 3.8) is 0 Å². The number of halogens is 3. The van der Waals surface area contributed by atoms with E-state index >= 15 is 0 Å². The van der Waals surface area contributed by atoms with Crippen molar-refractivity contribution < 1.29 is 13.2 Å². The quantitative estimate of drug-likeness (QED) is 0.852. The van der Waals surface area contributed by atoms with Crippen molar-refractivity contribution in [2.75, 3.05) is 0 Å². The average molecular weight is 256 g/mol. The Morgan fingerprint density at radius 2 is 2.00 bits per heavy atom. The van der Waals surface area contributed by atoms with E-state index in [4.69, 9.17) is 0 Å². The van der Waals surface area contributed by atoms with Gasteiger partial charge in [0.1, 0.15) is 5.82 Å². The van der Waals surface area contributed by atoms with E-state index in [2.05, 4.69) is 9.97 Å². The molecule has 2 aromatic rings. The largest absolute Gasteiger partial charge is 0.416 e. The van der Waals surface area contributed by atoms with Gasteiger partial charge in [0.2, 0.25) is 0 Å². The Labute approximate surface area is 101 Å². The lowest BCUT2D eigenvalue weighted by Crippen LogP contribution is -2.14. The number of benzene rings is 1. The highest BCUT2D eigenvalue weighted by molar-refractivity contribution is 5.79. The van der Waals surface area contributed by atoms with Crippen LogP contribution in [0.1, 0.15) is 23.9 Å². The summed E-state index contributed by atoms with van der Waals surface area (Å²) in [6, 6.07) is 2.21. The molecule has 1 heterocycles. The van der Waals surface area contributed by atoms with Crippen LogP contribution in [0.4, 0.5) is 13.2 Å². The molecule has 3 nitrogen and oxygen atoms in total.